The molecule has 0 aliphatic heterocycles. The zero-order valence-electron chi connectivity index (χ0n) is 21.9. The molecule has 0 aromatic rings. The van der Waals surface area contributed by atoms with E-state index in [9.17, 15) is 4.79 Å². The molecule has 0 aromatic heterocycles. The van der Waals surface area contributed by atoms with Crippen LogP contribution in [0.25, 0.3) is 0 Å². The van der Waals surface area contributed by atoms with Crippen LogP contribution in [0.15, 0.2) is 0 Å². The molecular weight excluding hydrogens is 470 g/mol. The molecule has 0 atom stereocenters. The van der Waals surface area contributed by atoms with E-state index < -0.39 is 5.60 Å². The van der Waals surface area contributed by atoms with Gasteiger partial charge in [0.1, 0.15) is 18.9 Å². The molecule has 0 radical (unpaired) electrons. The Kier molecular flexibility index (Phi) is 30.0. The van der Waals surface area contributed by atoms with E-state index in [1.165, 1.54) is 0 Å². The van der Waals surface area contributed by atoms with Crippen LogP contribution in [0.5, 0.6) is 0 Å². The number of halogens is 1. The number of rotatable bonds is 23. The van der Waals surface area contributed by atoms with E-state index in [0.717, 1.165) is 26.1 Å². The van der Waals surface area contributed by atoms with Crippen LogP contribution >= 0.6 is 11.6 Å². The maximum Gasteiger partial charge on any atom is 0.332 e. The summed E-state index contributed by atoms with van der Waals surface area (Å²) in [6.07, 6.45) is 2.06. The first-order chi connectivity index (χ1) is 16.4. The van der Waals surface area contributed by atoms with Crippen molar-refractivity contribution in [3.63, 3.8) is 0 Å². The molecule has 0 amide bonds. The van der Waals surface area contributed by atoms with Gasteiger partial charge in [-0.2, -0.15) is 5.48 Å². The molecule has 0 rings (SSSR count). The van der Waals surface area contributed by atoms with E-state index >= 15 is 0 Å². The van der Waals surface area contributed by atoms with Gasteiger partial charge in [-0.1, -0.05) is 13.8 Å². The normalized spacial score (nSPS) is 11.2. The molecule has 0 spiro atoms. The van der Waals surface area contributed by atoms with E-state index in [0.29, 0.717) is 72.1 Å². The predicted octanol–water partition coefficient (Wildman–Crippen LogP) is 2.95. The summed E-state index contributed by atoms with van der Waals surface area (Å²) in [5.41, 5.74) is 2.22. The number of hydrogen-bond acceptors (Lipinski definition) is 10. The number of hydroxylamine groups is 1. The molecule has 0 aromatic carbocycles. The minimum absolute atomic E-state index is 0.0522. The maximum atomic E-state index is 11.2. The third-order valence-corrected chi connectivity index (χ3v) is 3.42. The standard InChI is InChI=1S/C12H23ClO5.C11H25NO4/c1-12(2,3)18-11(14)10-17-9-8-16-7-6-15-5-4-13;1-3-5-13-7-8-14-9-10-16-12-11-15-6-4-2/h4-10H2,1-3H3;12H,3-11H2,1-2H3. The lowest BCUT2D eigenvalue weighted by Crippen LogP contribution is -2.27. The zero-order valence-corrected chi connectivity index (χ0v) is 22.6. The van der Waals surface area contributed by atoms with Gasteiger partial charge in [0.15, 0.2) is 0 Å². The molecule has 0 unspecified atom stereocenters. The summed E-state index contributed by atoms with van der Waals surface area (Å²) in [7, 11) is 0. The number of alkyl halides is 1. The Morgan fingerprint density at radius 3 is 1.68 bits per heavy atom. The van der Waals surface area contributed by atoms with Crippen molar-refractivity contribution in [3.05, 3.63) is 0 Å². The van der Waals surface area contributed by atoms with Crippen molar-refractivity contribution >= 4 is 17.6 Å². The highest BCUT2D eigenvalue weighted by Crippen LogP contribution is 2.06. The molecule has 206 valence electrons. The largest absolute Gasteiger partial charge is 0.458 e. The number of nitrogens with one attached hydrogen (secondary N) is 1. The quantitative estimate of drug-likeness (QED) is 0.0715. The molecular formula is C23H48ClNO9. The van der Waals surface area contributed by atoms with Crippen molar-refractivity contribution in [1.82, 2.24) is 5.48 Å². The van der Waals surface area contributed by atoms with Gasteiger partial charge >= 0.3 is 5.97 Å². The van der Waals surface area contributed by atoms with Gasteiger partial charge in [-0.3, -0.25) is 4.84 Å². The van der Waals surface area contributed by atoms with Crippen LogP contribution in [0.1, 0.15) is 47.5 Å². The SMILES string of the molecule is CC(C)(C)OC(=O)COCCOCCOCCCl.CCCOCCOCCONCOCCC. The molecule has 0 saturated heterocycles. The molecule has 0 aliphatic rings. The number of carbonyl (C=O) groups is 1. The second kappa shape index (κ2) is 28.7. The van der Waals surface area contributed by atoms with E-state index in [4.69, 9.17) is 49.6 Å². The molecule has 0 fully saturated rings. The first-order valence-corrected chi connectivity index (χ1v) is 12.5. The Bertz CT molecular complexity index is 398. The van der Waals surface area contributed by atoms with Gasteiger partial charge in [-0.15, -0.1) is 11.6 Å². The molecule has 1 N–H and O–H groups in total. The fourth-order valence-electron chi connectivity index (χ4n) is 1.96. The predicted molar refractivity (Wildman–Crippen MR) is 131 cm³/mol. The fraction of sp³-hybridized carbons (Fsp3) is 0.957. The summed E-state index contributed by atoms with van der Waals surface area (Å²) in [5.74, 6) is 0.117. The summed E-state index contributed by atoms with van der Waals surface area (Å²) in [6, 6.07) is 0. The number of hydrogen-bond donors (Lipinski definition) is 1. The van der Waals surface area contributed by atoms with Gasteiger partial charge in [0.05, 0.1) is 59.5 Å². The molecule has 0 heterocycles. The van der Waals surface area contributed by atoms with Crippen LogP contribution < -0.4 is 5.48 Å². The van der Waals surface area contributed by atoms with Crippen LogP contribution in [-0.4, -0.2) is 103 Å². The molecule has 34 heavy (non-hydrogen) atoms. The summed E-state index contributed by atoms with van der Waals surface area (Å²) in [4.78, 5) is 16.3. The van der Waals surface area contributed by atoms with Crippen LogP contribution in [-0.2, 0) is 42.8 Å². The van der Waals surface area contributed by atoms with Gasteiger partial charge in [0.2, 0.25) is 0 Å². The van der Waals surface area contributed by atoms with Gasteiger partial charge in [0.25, 0.3) is 0 Å². The van der Waals surface area contributed by atoms with Gasteiger partial charge < -0.3 is 33.2 Å². The first kappa shape index (κ1) is 35.6. The molecule has 10 nitrogen and oxygen atoms in total. The topological polar surface area (TPSA) is 103 Å². The van der Waals surface area contributed by atoms with Crippen molar-refractivity contribution in [2.75, 3.05) is 91.9 Å². The van der Waals surface area contributed by atoms with Crippen molar-refractivity contribution in [1.29, 1.82) is 0 Å². The summed E-state index contributed by atoms with van der Waals surface area (Å²) in [6.45, 7) is 16.2. The third-order valence-electron chi connectivity index (χ3n) is 3.27. The Labute approximate surface area is 211 Å². The zero-order chi connectivity index (χ0) is 25.8. The van der Waals surface area contributed by atoms with Gasteiger partial charge in [-0.05, 0) is 33.6 Å². The lowest BCUT2D eigenvalue weighted by molar-refractivity contribution is -0.160. The molecule has 0 aliphatic carbocycles. The molecule has 0 bridgehead atoms. The summed E-state index contributed by atoms with van der Waals surface area (Å²) >= 11 is 5.43. The monoisotopic (exact) mass is 517 g/mol. The number of esters is 1. The van der Waals surface area contributed by atoms with Crippen molar-refractivity contribution in [3.8, 4) is 0 Å². The lowest BCUT2D eigenvalue weighted by atomic mass is 10.2. The van der Waals surface area contributed by atoms with Crippen LogP contribution in [0.4, 0.5) is 0 Å². The highest BCUT2D eigenvalue weighted by molar-refractivity contribution is 6.17. The van der Waals surface area contributed by atoms with Crippen molar-refractivity contribution < 1.29 is 42.8 Å². The highest BCUT2D eigenvalue weighted by Gasteiger charge is 2.15. The van der Waals surface area contributed by atoms with Gasteiger partial charge in [0, 0.05) is 19.1 Å². The summed E-state index contributed by atoms with van der Waals surface area (Å²) in [5, 5.41) is 0. The molecule has 0 saturated carbocycles. The molecule has 11 heteroatoms. The minimum atomic E-state index is -0.475. The van der Waals surface area contributed by atoms with Crippen LogP contribution in [0, 0.1) is 0 Å². The third kappa shape index (κ3) is 36.0. The van der Waals surface area contributed by atoms with Gasteiger partial charge in [-0.25, -0.2) is 4.79 Å². The second-order valence-corrected chi connectivity index (χ2v) is 8.20. The van der Waals surface area contributed by atoms with E-state index in [-0.39, 0.29) is 12.6 Å². The van der Waals surface area contributed by atoms with Crippen LogP contribution in [0.2, 0.25) is 0 Å². The highest BCUT2D eigenvalue weighted by atomic mass is 35.5. The van der Waals surface area contributed by atoms with E-state index in [1.807, 2.05) is 20.8 Å². The van der Waals surface area contributed by atoms with E-state index in [1.54, 1.807) is 0 Å². The van der Waals surface area contributed by atoms with E-state index in [2.05, 4.69) is 19.3 Å². The Morgan fingerprint density at radius 2 is 1.15 bits per heavy atom. The average molecular weight is 518 g/mol. The van der Waals surface area contributed by atoms with Crippen molar-refractivity contribution in [2.45, 2.75) is 53.1 Å². The maximum absolute atomic E-state index is 11.2. The smallest absolute Gasteiger partial charge is 0.332 e. The van der Waals surface area contributed by atoms with Crippen LogP contribution in [0.3, 0.4) is 0 Å². The minimum Gasteiger partial charge on any atom is -0.458 e. The Morgan fingerprint density at radius 1 is 0.676 bits per heavy atom. The number of carbonyl (C=O) groups excluding carboxylic acids is 1. The average Bonchev–Trinajstić information content (AvgIpc) is 2.78. The Hall–Kier alpha value is -0.560. The Balaban J connectivity index is 0. The van der Waals surface area contributed by atoms with Crippen molar-refractivity contribution in [2.24, 2.45) is 0 Å². The fourth-order valence-corrected chi connectivity index (χ4v) is 2.07. The second-order valence-electron chi connectivity index (χ2n) is 7.82. The number of ether oxygens (including phenoxy) is 7. The lowest BCUT2D eigenvalue weighted by Gasteiger charge is -2.19. The first-order valence-electron chi connectivity index (χ1n) is 12.0. The summed E-state index contributed by atoms with van der Waals surface area (Å²) < 4.78 is 36.2.